The Kier molecular flexibility index (Phi) is 6.54. The van der Waals surface area contributed by atoms with Gasteiger partial charge in [0.25, 0.3) is 0 Å². The van der Waals surface area contributed by atoms with E-state index in [2.05, 4.69) is 12.6 Å². The van der Waals surface area contributed by atoms with Crippen molar-refractivity contribution in [2.75, 3.05) is 25.4 Å². The first-order chi connectivity index (χ1) is 8.57. The van der Waals surface area contributed by atoms with Gasteiger partial charge in [0, 0.05) is 25.7 Å². The maximum atomic E-state index is 11.9. The van der Waals surface area contributed by atoms with Crippen LogP contribution in [0.4, 0.5) is 0 Å². The maximum Gasteiger partial charge on any atom is 0.312 e. The quantitative estimate of drug-likeness (QED) is 0.434. The number of carbonyl (C=O) groups is 2. The molecule has 0 aliphatic carbocycles. The molecular weight excluding hydrogens is 248 g/mol. The van der Waals surface area contributed by atoms with Crippen molar-refractivity contribution in [3.63, 3.8) is 0 Å². The van der Waals surface area contributed by atoms with Gasteiger partial charge < -0.3 is 9.80 Å². The molecule has 18 heavy (non-hydrogen) atoms. The summed E-state index contributed by atoms with van der Waals surface area (Å²) in [4.78, 5) is 27.1. The first kappa shape index (κ1) is 15.3. The molecule has 0 unspecified atom stereocenters. The average Bonchev–Trinajstić information content (AvgIpc) is 2.33. The lowest BCUT2D eigenvalue weighted by atomic mass is 10.1. The summed E-state index contributed by atoms with van der Waals surface area (Å²) in [5.74, 6) is 0.251. The summed E-state index contributed by atoms with van der Waals surface area (Å²) < 4.78 is 0. The lowest BCUT2D eigenvalue weighted by molar-refractivity contribution is -0.157. The van der Waals surface area contributed by atoms with Gasteiger partial charge in [0.2, 0.25) is 0 Å². The molecule has 0 N–H and O–H groups in total. The number of piperazine rings is 1. The zero-order valence-corrected chi connectivity index (χ0v) is 12.3. The SMILES string of the molecule is CC(C)N1CCN(CCCCCCS)C(=O)C1=O. The van der Waals surface area contributed by atoms with Gasteiger partial charge in [-0.1, -0.05) is 12.8 Å². The van der Waals surface area contributed by atoms with Crippen LogP contribution in [0.5, 0.6) is 0 Å². The van der Waals surface area contributed by atoms with E-state index in [0.29, 0.717) is 19.6 Å². The molecule has 1 saturated heterocycles. The molecule has 0 radical (unpaired) electrons. The van der Waals surface area contributed by atoms with Crippen molar-refractivity contribution < 1.29 is 9.59 Å². The second-order valence-corrected chi connectivity index (χ2v) is 5.47. The van der Waals surface area contributed by atoms with Crippen molar-refractivity contribution in [3.05, 3.63) is 0 Å². The Morgan fingerprint density at radius 2 is 1.72 bits per heavy atom. The number of rotatable bonds is 7. The molecule has 104 valence electrons. The van der Waals surface area contributed by atoms with Crippen LogP contribution < -0.4 is 0 Å². The Balaban J connectivity index is 2.32. The number of nitrogens with zero attached hydrogens (tertiary/aromatic N) is 2. The standard InChI is InChI=1S/C13H24N2O2S/c1-11(2)15-9-8-14(12(16)13(15)17)7-5-3-4-6-10-18/h11,18H,3-10H2,1-2H3. The van der Waals surface area contributed by atoms with E-state index in [1.807, 2.05) is 13.8 Å². The van der Waals surface area contributed by atoms with Crippen molar-refractivity contribution in [1.29, 1.82) is 0 Å². The largest absolute Gasteiger partial charge is 0.333 e. The molecule has 1 fully saturated rings. The van der Waals surface area contributed by atoms with Gasteiger partial charge in [-0.3, -0.25) is 9.59 Å². The van der Waals surface area contributed by atoms with Crippen LogP contribution >= 0.6 is 12.6 Å². The summed E-state index contributed by atoms with van der Waals surface area (Å²) in [7, 11) is 0. The Labute approximate surface area is 115 Å². The van der Waals surface area contributed by atoms with Crippen molar-refractivity contribution in [3.8, 4) is 0 Å². The van der Waals surface area contributed by atoms with Crippen molar-refractivity contribution in [1.82, 2.24) is 9.80 Å². The van der Waals surface area contributed by atoms with E-state index in [0.717, 1.165) is 31.4 Å². The first-order valence-corrected chi connectivity index (χ1v) is 7.42. The number of carbonyl (C=O) groups excluding carboxylic acids is 2. The monoisotopic (exact) mass is 272 g/mol. The zero-order valence-electron chi connectivity index (χ0n) is 11.4. The third-order valence-corrected chi connectivity index (χ3v) is 3.62. The normalized spacial score (nSPS) is 16.9. The van der Waals surface area contributed by atoms with E-state index in [-0.39, 0.29) is 17.9 Å². The predicted octanol–water partition coefficient (Wildman–Crippen LogP) is 1.56. The van der Waals surface area contributed by atoms with E-state index in [4.69, 9.17) is 0 Å². The maximum absolute atomic E-state index is 11.9. The third kappa shape index (κ3) is 4.19. The Hall–Kier alpha value is -0.710. The van der Waals surface area contributed by atoms with Gasteiger partial charge in [-0.05, 0) is 32.4 Å². The van der Waals surface area contributed by atoms with Gasteiger partial charge in [0.1, 0.15) is 0 Å². The topological polar surface area (TPSA) is 40.6 Å². The van der Waals surface area contributed by atoms with Gasteiger partial charge in [0.05, 0.1) is 0 Å². The van der Waals surface area contributed by atoms with Crippen molar-refractivity contribution in [2.24, 2.45) is 0 Å². The van der Waals surface area contributed by atoms with E-state index in [1.165, 1.54) is 0 Å². The molecule has 0 aromatic rings. The van der Waals surface area contributed by atoms with Crippen molar-refractivity contribution in [2.45, 2.75) is 45.6 Å². The van der Waals surface area contributed by atoms with Crippen LogP contribution in [0, 0.1) is 0 Å². The number of hydrogen-bond acceptors (Lipinski definition) is 3. The summed E-state index contributed by atoms with van der Waals surface area (Å²) >= 11 is 4.16. The highest BCUT2D eigenvalue weighted by molar-refractivity contribution is 7.80. The highest BCUT2D eigenvalue weighted by atomic mass is 32.1. The van der Waals surface area contributed by atoms with E-state index >= 15 is 0 Å². The van der Waals surface area contributed by atoms with Gasteiger partial charge >= 0.3 is 11.8 Å². The summed E-state index contributed by atoms with van der Waals surface area (Å²) in [5, 5.41) is 0. The highest BCUT2D eigenvalue weighted by Gasteiger charge is 2.33. The van der Waals surface area contributed by atoms with Crippen LogP contribution in [0.1, 0.15) is 39.5 Å². The molecule has 0 spiro atoms. The molecular formula is C13H24N2O2S. The minimum atomic E-state index is -0.341. The van der Waals surface area contributed by atoms with Gasteiger partial charge in [-0.2, -0.15) is 12.6 Å². The third-order valence-electron chi connectivity index (χ3n) is 3.30. The minimum absolute atomic E-state index is 0.110. The second-order valence-electron chi connectivity index (χ2n) is 5.02. The van der Waals surface area contributed by atoms with Crippen LogP contribution in [0.25, 0.3) is 0 Å². The Morgan fingerprint density at radius 1 is 1.06 bits per heavy atom. The number of hydrogen-bond donors (Lipinski definition) is 1. The fourth-order valence-corrected chi connectivity index (χ4v) is 2.39. The Morgan fingerprint density at radius 3 is 2.33 bits per heavy atom. The average molecular weight is 272 g/mol. The first-order valence-electron chi connectivity index (χ1n) is 6.78. The van der Waals surface area contributed by atoms with Crippen LogP contribution in [0.2, 0.25) is 0 Å². The molecule has 5 heteroatoms. The summed E-state index contributed by atoms with van der Waals surface area (Å²) in [6.07, 6.45) is 4.36. The number of unbranched alkanes of at least 4 members (excludes halogenated alkanes) is 3. The van der Waals surface area contributed by atoms with E-state index in [9.17, 15) is 9.59 Å². The van der Waals surface area contributed by atoms with Crippen LogP contribution in [0.3, 0.4) is 0 Å². The molecule has 1 rings (SSSR count). The van der Waals surface area contributed by atoms with Gasteiger partial charge in [-0.15, -0.1) is 0 Å². The molecule has 0 saturated carbocycles. The van der Waals surface area contributed by atoms with Crippen LogP contribution in [0.15, 0.2) is 0 Å². The molecule has 0 aromatic carbocycles. The predicted molar refractivity (Wildman–Crippen MR) is 75.8 cm³/mol. The number of amides is 2. The van der Waals surface area contributed by atoms with Gasteiger partial charge in [0.15, 0.2) is 0 Å². The fraction of sp³-hybridized carbons (Fsp3) is 0.846. The molecule has 0 bridgehead atoms. The summed E-state index contributed by atoms with van der Waals surface area (Å²) in [6, 6.07) is 0.110. The van der Waals surface area contributed by atoms with Crippen LogP contribution in [-0.2, 0) is 9.59 Å². The number of thiol groups is 1. The summed E-state index contributed by atoms with van der Waals surface area (Å²) in [5.41, 5.74) is 0. The highest BCUT2D eigenvalue weighted by Crippen LogP contribution is 2.10. The van der Waals surface area contributed by atoms with Crippen molar-refractivity contribution >= 4 is 24.4 Å². The van der Waals surface area contributed by atoms with E-state index < -0.39 is 0 Å². The lowest BCUT2D eigenvalue weighted by Gasteiger charge is -2.36. The zero-order chi connectivity index (χ0) is 13.5. The smallest absolute Gasteiger partial charge is 0.312 e. The Bertz CT molecular complexity index is 295. The molecule has 4 nitrogen and oxygen atoms in total. The molecule has 2 amide bonds. The minimum Gasteiger partial charge on any atom is -0.333 e. The second kappa shape index (κ2) is 7.67. The van der Waals surface area contributed by atoms with Gasteiger partial charge in [-0.25, -0.2) is 0 Å². The molecule has 1 heterocycles. The molecule has 0 atom stereocenters. The summed E-state index contributed by atoms with van der Waals surface area (Å²) in [6.45, 7) is 5.94. The van der Waals surface area contributed by atoms with E-state index in [1.54, 1.807) is 9.80 Å². The van der Waals surface area contributed by atoms with Crippen LogP contribution in [-0.4, -0.2) is 53.0 Å². The molecule has 0 aromatic heterocycles. The fourth-order valence-electron chi connectivity index (χ4n) is 2.16. The lowest BCUT2D eigenvalue weighted by Crippen LogP contribution is -2.56. The molecule has 1 aliphatic heterocycles. The molecule has 1 aliphatic rings.